The van der Waals surface area contributed by atoms with Crippen molar-refractivity contribution in [2.24, 2.45) is 0 Å². The van der Waals surface area contributed by atoms with E-state index in [0.717, 1.165) is 0 Å². The lowest BCUT2D eigenvalue weighted by molar-refractivity contribution is -0.132. The summed E-state index contributed by atoms with van der Waals surface area (Å²) in [5.41, 5.74) is 1.53. The van der Waals surface area contributed by atoms with Crippen molar-refractivity contribution in [2.75, 3.05) is 12.0 Å². The fraction of sp³-hybridized carbons (Fsp3) is 0.0833. The van der Waals surface area contributed by atoms with E-state index >= 15 is 0 Å². The fourth-order valence-electron chi connectivity index (χ4n) is 3.64. The molecule has 1 fully saturated rings. The summed E-state index contributed by atoms with van der Waals surface area (Å²) in [5.74, 6) is -1.23. The number of benzene rings is 3. The monoisotopic (exact) mass is 419 g/mol. The Morgan fingerprint density at radius 3 is 2.23 bits per heavy atom. The SMILES string of the molecule is COc1ccccc1C1C(=C(O)c2ccc(Cl)cc2)C(=O)C(=O)N1c1ccccc1. The van der Waals surface area contributed by atoms with Gasteiger partial charge in [0.15, 0.2) is 0 Å². The summed E-state index contributed by atoms with van der Waals surface area (Å²) in [6.07, 6.45) is 0. The number of anilines is 1. The van der Waals surface area contributed by atoms with Gasteiger partial charge in [-0.2, -0.15) is 0 Å². The van der Waals surface area contributed by atoms with Gasteiger partial charge in [0, 0.05) is 21.8 Å². The second-order valence-electron chi connectivity index (χ2n) is 6.75. The van der Waals surface area contributed by atoms with Crippen LogP contribution < -0.4 is 9.64 Å². The lowest BCUT2D eigenvalue weighted by Crippen LogP contribution is -2.29. The second-order valence-corrected chi connectivity index (χ2v) is 7.19. The second kappa shape index (κ2) is 8.05. The number of para-hydroxylation sites is 2. The topological polar surface area (TPSA) is 66.8 Å². The van der Waals surface area contributed by atoms with Crippen molar-refractivity contribution in [1.82, 2.24) is 0 Å². The average Bonchev–Trinajstić information content (AvgIpc) is 3.04. The zero-order valence-corrected chi connectivity index (χ0v) is 16.8. The molecule has 3 aromatic carbocycles. The third kappa shape index (κ3) is 3.33. The molecule has 4 rings (SSSR count). The van der Waals surface area contributed by atoms with Crippen LogP contribution in [0.5, 0.6) is 5.75 Å². The van der Waals surface area contributed by atoms with Crippen LogP contribution in [-0.2, 0) is 9.59 Å². The summed E-state index contributed by atoms with van der Waals surface area (Å²) in [4.78, 5) is 27.5. The molecule has 3 aromatic rings. The van der Waals surface area contributed by atoms with E-state index in [2.05, 4.69) is 0 Å². The maximum atomic E-state index is 13.1. The van der Waals surface area contributed by atoms with Crippen LogP contribution in [0.4, 0.5) is 5.69 Å². The van der Waals surface area contributed by atoms with Crippen LogP contribution in [0.25, 0.3) is 5.76 Å². The Balaban J connectivity index is 1.98. The highest BCUT2D eigenvalue weighted by molar-refractivity contribution is 6.51. The van der Waals surface area contributed by atoms with E-state index in [1.165, 1.54) is 12.0 Å². The average molecular weight is 420 g/mol. The van der Waals surface area contributed by atoms with Gasteiger partial charge in [-0.05, 0) is 42.5 Å². The van der Waals surface area contributed by atoms with E-state index in [9.17, 15) is 14.7 Å². The van der Waals surface area contributed by atoms with E-state index in [0.29, 0.717) is 27.6 Å². The molecule has 6 heteroatoms. The highest BCUT2D eigenvalue weighted by atomic mass is 35.5. The van der Waals surface area contributed by atoms with Crippen molar-refractivity contribution in [3.8, 4) is 5.75 Å². The van der Waals surface area contributed by atoms with Crippen LogP contribution in [0, 0.1) is 0 Å². The predicted octanol–water partition coefficient (Wildman–Crippen LogP) is 4.97. The molecular weight excluding hydrogens is 402 g/mol. The van der Waals surface area contributed by atoms with Gasteiger partial charge in [0.1, 0.15) is 11.5 Å². The first-order valence-corrected chi connectivity index (χ1v) is 9.65. The maximum Gasteiger partial charge on any atom is 0.300 e. The van der Waals surface area contributed by atoms with E-state index in [-0.39, 0.29) is 11.3 Å². The number of Topliss-reactive ketones (excluding diaryl/α,β-unsaturated/α-hetero) is 1. The zero-order chi connectivity index (χ0) is 21.3. The largest absolute Gasteiger partial charge is 0.507 e. The van der Waals surface area contributed by atoms with Gasteiger partial charge in [-0.1, -0.05) is 48.0 Å². The van der Waals surface area contributed by atoms with Gasteiger partial charge in [0.05, 0.1) is 18.7 Å². The van der Waals surface area contributed by atoms with Crippen LogP contribution >= 0.6 is 11.6 Å². The van der Waals surface area contributed by atoms with Gasteiger partial charge in [-0.3, -0.25) is 14.5 Å². The smallest absolute Gasteiger partial charge is 0.300 e. The number of rotatable bonds is 4. The summed E-state index contributed by atoms with van der Waals surface area (Å²) in [6, 6.07) is 21.6. The van der Waals surface area contributed by atoms with Gasteiger partial charge in [-0.25, -0.2) is 0 Å². The van der Waals surface area contributed by atoms with Crippen molar-refractivity contribution in [3.05, 3.63) is 101 Å². The normalized spacial score (nSPS) is 17.9. The number of amides is 1. The molecule has 1 aliphatic rings. The number of nitrogens with zero attached hydrogens (tertiary/aromatic N) is 1. The lowest BCUT2D eigenvalue weighted by atomic mass is 9.94. The van der Waals surface area contributed by atoms with E-state index < -0.39 is 17.7 Å². The Morgan fingerprint density at radius 1 is 0.933 bits per heavy atom. The number of methoxy groups -OCH3 is 1. The minimum atomic E-state index is -0.848. The quantitative estimate of drug-likeness (QED) is 0.368. The number of ether oxygens (including phenoxy) is 1. The van der Waals surface area contributed by atoms with E-state index in [4.69, 9.17) is 16.3 Å². The molecule has 1 saturated heterocycles. The summed E-state index contributed by atoms with van der Waals surface area (Å²) in [6.45, 7) is 0. The molecule has 0 bridgehead atoms. The molecule has 1 aliphatic heterocycles. The van der Waals surface area contributed by atoms with E-state index in [1.807, 2.05) is 6.07 Å². The molecule has 0 aromatic heterocycles. The molecule has 1 amide bonds. The minimum absolute atomic E-state index is 0.00400. The summed E-state index contributed by atoms with van der Waals surface area (Å²) < 4.78 is 5.49. The number of aliphatic hydroxyl groups excluding tert-OH is 1. The van der Waals surface area contributed by atoms with Crippen molar-refractivity contribution in [1.29, 1.82) is 0 Å². The lowest BCUT2D eigenvalue weighted by Gasteiger charge is -2.26. The number of hydrogen-bond acceptors (Lipinski definition) is 4. The number of halogens is 1. The van der Waals surface area contributed by atoms with Crippen LogP contribution in [0.3, 0.4) is 0 Å². The maximum absolute atomic E-state index is 13.1. The molecule has 1 N–H and O–H groups in total. The van der Waals surface area contributed by atoms with Crippen LogP contribution in [0.15, 0.2) is 84.4 Å². The standard InChI is InChI=1S/C24H18ClNO4/c1-30-19-10-6-5-9-18(19)21-20(22(27)15-11-13-16(25)14-12-15)23(28)24(29)26(21)17-7-3-2-4-8-17/h2-14,21,27H,1H3. The number of carbonyl (C=O) groups excluding carboxylic acids is 2. The number of ketones is 1. The highest BCUT2D eigenvalue weighted by Gasteiger charge is 2.47. The fourth-order valence-corrected chi connectivity index (χ4v) is 3.76. The van der Waals surface area contributed by atoms with Gasteiger partial charge >= 0.3 is 0 Å². The number of hydrogen-bond donors (Lipinski definition) is 1. The van der Waals surface area contributed by atoms with Gasteiger partial charge in [-0.15, -0.1) is 0 Å². The molecule has 30 heavy (non-hydrogen) atoms. The third-order valence-corrected chi connectivity index (χ3v) is 5.28. The highest BCUT2D eigenvalue weighted by Crippen LogP contribution is 2.44. The zero-order valence-electron chi connectivity index (χ0n) is 16.1. The Hall–Kier alpha value is -3.57. The number of carbonyl (C=O) groups is 2. The van der Waals surface area contributed by atoms with Crippen molar-refractivity contribution >= 4 is 34.7 Å². The molecule has 1 atom stereocenters. The van der Waals surface area contributed by atoms with E-state index in [1.54, 1.807) is 72.8 Å². The summed E-state index contributed by atoms with van der Waals surface area (Å²) >= 11 is 5.95. The van der Waals surface area contributed by atoms with Crippen LogP contribution in [0.1, 0.15) is 17.2 Å². The molecule has 0 radical (unpaired) electrons. The van der Waals surface area contributed by atoms with Crippen molar-refractivity contribution in [2.45, 2.75) is 6.04 Å². The first-order chi connectivity index (χ1) is 14.5. The van der Waals surface area contributed by atoms with Crippen molar-refractivity contribution < 1.29 is 19.4 Å². The summed E-state index contributed by atoms with van der Waals surface area (Å²) in [5, 5.41) is 11.6. The molecule has 5 nitrogen and oxygen atoms in total. The molecule has 0 aliphatic carbocycles. The van der Waals surface area contributed by atoms with Crippen LogP contribution in [-0.4, -0.2) is 23.9 Å². The Kier molecular flexibility index (Phi) is 5.29. The molecule has 150 valence electrons. The first-order valence-electron chi connectivity index (χ1n) is 9.28. The Bertz CT molecular complexity index is 1140. The number of aliphatic hydroxyl groups is 1. The third-order valence-electron chi connectivity index (χ3n) is 5.03. The van der Waals surface area contributed by atoms with Gasteiger partial charge in [0.2, 0.25) is 0 Å². The molecule has 1 heterocycles. The Labute approximate surface area is 178 Å². The molecule has 0 saturated carbocycles. The molecule has 1 unspecified atom stereocenters. The van der Waals surface area contributed by atoms with Crippen molar-refractivity contribution in [3.63, 3.8) is 0 Å². The van der Waals surface area contributed by atoms with Gasteiger partial charge in [0.25, 0.3) is 11.7 Å². The predicted molar refractivity (Wildman–Crippen MR) is 116 cm³/mol. The Morgan fingerprint density at radius 2 is 1.57 bits per heavy atom. The minimum Gasteiger partial charge on any atom is -0.507 e. The summed E-state index contributed by atoms with van der Waals surface area (Å²) in [7, 11) is 1.52. The van der Waals surface area contributed by atoms with Crippen LogP contribution in [0.2, 0.25) is 5.02 Å². The first kappa shape index (κ1) is 19.7. The van der Waals surface area contributed by atoms with Gasteiger partial charge < -0.3 is 9.84 Å². The molecular formula is C24H18ClNO4. The molecule has 0 spiro atoms.